The number of anilines is 1. The lowest BCUT2D eigenvalue weighted by Gasteiger charge is -2.36. The number of aromatic nitrogens is 3. The van der Waals surface area contributed by atoms with Crippen LogP contribution in [0.25, 0.3) is 11.1 Å². The molecule has 2 atom stereocenters. The van der Waals surface area contributed by atoms with Crippen LogP contribution in [0.3, 0.4) is 0 Å². The minimum atomic E-state index is 0.0334. The third-order valence-corrected chi connectivity index (χ3v) is 4.85. The molecule has 1 aliphatic heterocycles. The SMILES string of the molecule is CCCNC(=O)CCc1nc(N2C[C@H](C)C[C@H](C)C2)c2c(C)noc2n1. The molecule has 0 unspecified atom stereocenters. The number of rotatable bonds is 6. The number of nitrogens with one attached hydrogen (secondary N) is 1. The Labute approximate surface area is 154 Å². The van der Waals surface area contributed by atoms with E-state index in [1.807, 2.05) is 13.8 Å². The zero-order valence-electron chi connectivity index (χ0n) is 16.2. The first-order valence-corrected chi connectivity index (χ1v) is 9.62. The summed E-state index contributed by atoms with van der Waals surface area (Å²) < 4.78 is 5.42. The van der Waals surface area contributed by atoms with Gasteiger partial charge in [-0.3, -0.25) is 4.79 Å². The number of fused-ring (bicyclic) bond motifs is 1. The molecular formula is C19H29N5O2. The lowest BCUT2D eigenvalue weighted by atomic mass is 9.92. The Kier molecular flexibility index (Phi) is 5.74. The number of nitrogens with zero attached hydrogens (tertiary/aromatic N) is 4. The van der Waals surface area contributed by atoms with E-state index in [0.29, 0.717) is 42.8 Å². The van der Waals surface area contributed by atoms with E-state index in [-0.39, 0.29) is 5.91 Å². The number of carbonyl (C=O) groups excluding carboxylic acids is 1. The van der Waals surface area contributed by atoms with Crippen molar-refractivity contribution in [2.24, 2.45) is 11.8 Å². The Morgan fingerprint density at radius 1 is 1.27 bits per heavy atom. The van der Waals surface area contributed by atoms with Crippen molar-refractivity contribution in [3.8, 4) is 0 Å². The second-order valence-electron chi connectivity index (χ2n) is 7.61. The lowest BCUT2D eigenvalue weighted by molar-refractivity contribution is -0.121. The number of amides is 1. The topological polar surface area (TPSA) is 84.2 Å². The summed E-state index contributed by atoms with van der Waals surface area (Å²) >= 11 is 0. The van der Waals surface area contributed by atoms with Gasteiger partial charge in [-0.05, 0) is 31.6 Å². The van der Waals surface area contributed by atoms with Gasteiger partial charge in [0.1, 0.15) is 17.0 Å². The minimum absolute atomic E-state index is 0.0334. The smallest absolute Gasteiger partial charge is 0.263 e. The molecule has 1 fully saturated rings. The van der Waals surface area contributed by atoms with Crippen molar-refractivity contribution in [3.05, 3.63) is 11.5 Å². The van der Waals surface area contributed by atoms with Crippen molar-refractivity contribution in [1.29, 1.82) is 0 Å². The minimum Gasteiger partial charge on any atom is -0.356 e. The quantitative estimate of drug-likeness (QED) is 0.854. The van der Waals surface area contributed by atoms with Gasteiger partial charge in [-0.2, -0.15) is 4.98 Å². The normalized spacial score (nSPS) is 20.5. The molecule has 1 N–H and O–H groups in total. The molecule has 0 bridgehead atoms. The van der Waals surface area contributed by atoms with Gasteiger partial charge in [0, 0.05) is 32.5 Å². The van der Waals surface area contributed by atoms with Crippen LogP contribution in [0.5, 0.6) is 0 Å². The van der Waals surface area contributed by atoms with E-state index in [1.165, 1.54) is 6.42 Å². The Balaban J connectivity index is 1.86. The summed E-state index contributed by atoms with van der Waals surface area (Å²) in [7, 11) is 0. The Morgan fingerprint density at radius 3 is 2.69 bits per heavy atom. The van der Waals surface area contributed by atoms with Gasteiger partial charge in [-0.1, -0.05) is 25.9 Å². The Morgan fingerprint density at radius 2 is 2.00 bits per heavy atom. The number of piperidine rings is 1. The second kappa shape index (κ2) is 8.01. The van der Waals surface area contributed by atoms with E-state index in [2.05, 4.69) is 34.2 Å². The lowest BCUT2D eigenvalue weighted by Crippen LogP contribution is -2.39. The standard InChI is InChI=1S/C19H29N5O2/c1-5-8-20-16(25)7-6-15-21-18(17-14(4)23-26-19(17)22-15)24-10-12(2)9-13(3)11-24/h12-13H,5-11H2,1-4H3,(H,20,25)/t12-,13+. The molecule has 0 saturated carbocycles. The largest absolute Gasteiger partial charge is 0.356 e. The summed E-state index contributed by atoms with van der Waals surface area (Å²) in [6.07, 6.45) is 3.04. The highest BCUT2D eigenvalue weighted by Gasteiger charge is 2.26. The predicted octanol–water partition coefficient (Wildman–Crippen LogP) is 2.87. The molecular weight excluding hydrogens is 330 g/mol. The third kappa shape index (κ3) is 4.14. The van der Waals surface area contributed by atoms with Crippen LogP contribution in [-0.2, 0) is 11.2 Å². The van der Waals surface area contributed by atoms with Gasteiger partial charge in [-0.25, -0.2) is 4.98 Å². The second-order valence-corrected chi connectivity index (χ2v) is 7.61. The molecule has 1 aliphatic rings. The maximum atomic E-state index is 11.9. The van der Waals surface area contributed by atoms with Crippen LogP contribution in [0.2, 0.25) is 0 Å². The molecule has 0 aliphatic carbocycles. The first kappa shape index (κ1) is 18.6. The first-order chi connectivity index (χ1) is 12.5. The molecule has 7 nitrogen and oxygen atoms in total. The van der Waals surface area contributed by atoms with Crippen molar-refractivity contribution >= 4 is 22.8 Å². The molecule has 2 aromatic heterocycles. The fraction of sp³-hybridized carbons (Fsp3) is 0.684. The van der Waals surface area contributed by atoms with Crippen LogP contribution in [0.4, 0.5) is 5.82 Å². The van der Waals surface area contributed by atoms with Gasteiger partial charge in [0.2, 0.25) is 5.91 Å². The Bertz CT molecular complexity index is 763. The van der Waals surface area contributed by atoms with Crippen molar-refractivity contribution in [2.75, 3.05) is 24.5 Å². The number of hydrogen-bond acceptors (Lipinski definition) is 6. The average Bonchev–Trinajstić information content (AvgIpc) is 2.97. The van der Waals surface area contributed by atoms with Gasteiger partial charge in [-0.15, -0.1) is 0 Å². The van der Waals surface area contributed by atoms with Gasteiger partial charge in [0.15, 0.2) is 0 Å². The number of carbonyl (C=O) groups is 1. The molecule has 0 radical (unpaired) electrons. The molecule has 26 heavy (non-hydrogen) atoms. The van der Waals surface area contributed by atoms with Crippen molar-refractivity contribution < 1.29 is 9.32 Å². The summed E-state index contributed by atoms with van der Waals surface area (Å²) in [6.45, 7) is 11.2. The van der Waals surface area contributed by atoms with Crippen LogP contribution in [0.15, 0.2) is 4.52 Å². The van der Waals surface area contributed by atoms with Crippen LogP contribution >= 0.6 is 0 Å². The Hall–Kier alpha value is -2.18. The predicted molar refractivity (Wildman–Crippen MR) is 101 cm³/mol. The molecule has 1 saturated heterocycles. The zero-order chi connectivity index (χ0) is 18.7. The first-order valence-electron chi connectivity index (χ1n) is 9.62. The molecule has 0 spiro atoms. The maximum Gasteiger partial charge on any atom is 0.263 e. The summed E-state index contributed by atoms with van der Waals surface area (Å²) in [5, 5.41) is 7.87. The van der Waals surface area contributed by atoms with E-state index in [0.717, 1.165) is 36.4 Å². The van der Waals surface area contributed by atoms with E-state index in [4.69, 9.17) is 9.51 Å². The van der Waals surface area contributed by atoms with Crippen LogP contribution in [0, 0.1) is 18.8 Å². The van der Waals surface area contributed by atoms with Crippen molar-refractivity contribution in [2.45, 2.75) is 53.4 Å². The van der Waals surface area contributed by atoms with E-state index >= 15 is 0 Å². The van der Waals surface area contributed by atoms with E-state index in [9.17, 15) is 4.79 Å². The molecule has 1 amide bonds. The van der Waals surface area contributed by atoms with Crippen molar-refractivity contribution in [3.63, 3.8) is 0 Å². The highest BCUT2D eigenvalue weighted by Crippen LogP contribution is 2.31. The van der Waals surface area contributed by atoms with Gasteiger partial charge >= 0.3 is 0 Å². The van der Waals surface area contributed by atoms with E-state index in [1.54, 1.807) is 0 Å². The van der Waals surface area contributed by atoms with Crippen molar-refractivity contribution in [1.82, 2.24) is 20.4 Å². The monoisotopic (exact) mass is 359 g/mol. The zero-order valence-corrected chi connectivity index (χ0v) is 16.2. The summed E-state index contributed by atoms with van der Waals surface area (Å²) in [5.74, 6) is 2.81. The highest BCUT2D eigenvalue weighted by molar-refractivity contribution is 5.88. The van der Waals surface area contributed by atoms with Gasteiger partial charge < -0.3 is 14.7 Å². The molecule has 142 valence electrons. The molecule has 0 aromatic carbocycles. The van der Waals surface area contributed by atoms with Gasteiger partial charge in [0.25, 0.3) is 5.71 Å². The molecule has 2 aromatic rings. The third-order valence-electron chi connectivity index (χ3n) is 4.85. The number of hydrogen-bond donors (Lipinski definition) is 1. The van der Waals surface area contributed by atoms with Crippen LogP contribution in [0.1, 0.15) is 51.6 Å². The fourth-order valence-electron chi connectivity index (χ4n) is 3.77. The summed E-state index contributed by atoms with van der Waals surface area (Å²) in [5.41, 5.74) is 1.33. The van der Waals surface area contributed by atoms with Crippen LogP contribution < -0.4 is 10.2 Å². The summed E-state index contributed by atoms with van der Waals surface area (Å²) in [4.78, 5) is 23.5. The van der Waals surface area contributed by atoms with E-state index < -0.39 is 0 Å². The molecule has 3 heterocycles. The average molecular weight is 359 g/mol. The maximum absolute atomic E-state index is 11.9. The number of aryl methyl sites for hydroxylation is 2. The van der Waals surface area contributed by atoms with Gasteiger partial charge in [0.05, 0.1) is 5.69 Å². The highest BCUT2D eigenvalue weighted by atomic mass is 16.5. The summed E-state index contributed by atoms with van der Waals surface area (Å²) in [6, 6.07) is 0. The fourth-order valence-corrected chi connectivity index (χ4v) is 3.77. The molecule has 7 heteroatoms. The molecule has 3 rings (SSSR count). The van der Waals surface area contributed by atoms with Crippen LogP contribution in [-0.4, -0.2) is 40.7 Å².